The Morgan fingerprint density at radius 1 is 1.29 bits per heavy atom. The van der Waals surface area contributed by atoms with Crippen molar-refractivity contribution in [2.75, 3.05) is 13.2 Å². The molecule has 0 atom stereocenters. The van der Waals surface area contributed by atoms with Crippen molar-refractivity contribution in [1.82, 2.24) is 16.2 Å². The molecule has 114 valence electrons. The molecule has 3 N–H and O–H groups in total. The summed E-state index contributed by atoms with van der Waals surface area (Å²) in [4.78, 5) is 23.3. The summed E-state index contributed by atoms with van der Waals surface area (Å²) in [5.74, 6) is -0.602. The molecule has 6 nitrogen and oxygen atoms in total. The molecular formula is C14H19N3O3S. The minimum absolute atomic E-state index is 0.0336. The monoisotopic (exact) mass is 309 g/mol. The van der Waals surface area contributed by atoms with Gasteiger partial charge in [0.15, 0.2) is 5.11 Å². The minimum atomic E-state index is -0.334. The second-order valence-corrected chi connectivity index (χ2v) is 4.68. The molecule has 1 rings (SSSR count). The highest BCUT2D eigenvalue weighted by Gasteiger charge is 2.08. The van der Waals surface area contributed by atoms with E-state index in [1.54, 1.807) is 18.2 Å². The second kappa shape index (κ2) is 9.04. The highest BCUT2D eigenvalue weighted by atomic mass is 32.1. The summed E-state index contributed by atoms with van der Waals surface area (Å²) in [6, 6.07) is 7.12. The zero-order valence-corrected chi connectivity index (χ0v) is 12.9. The molecule has 0 aliphatic rings. The van der Waals surface area contributed by atoms with Gasteiger partial charge in [-0.2, -0.15) is 0 Å². The summed E-state index contributed by atoms with van der Waals surface area (Å²) >= 11 is 4.93. The molecule has 0 unspecified atom stereocenters. The second-order valence-electron chi connectivity index (χ2n) is 4.27. The molecule has 0 radical (unpaired) electrons. The van der Waals surface area contributed by atoms with Gasteiger partial charge >= 0.3 is 0 Å². The number of aryl methyl sites for hydroxylation is 1. The van der Waals surface area contributed by atoms with Crippen LogP contribution < -0.4 is 16.2 Å². The smallest absolute Gasteiger partial charge is 0.257 e. The first-order valence-electron chi connectivity index (χ1n) is 6.57. The van der Waals surface area contributed by atoms with E-state index in [4.69, 9.17) is 17.0 Å². The van der Waals surface area contributed by atoms with Crippen LogP contribution >= 0.6 is 12.2 Å². The molecule has 1 aromatic carbocycles. The lowest BCUT2D eigenvalue weighted by atomic mass is 10.1. The maximum Gasteiger partial charge on any atom is 0.257 e. The molecule has 0 fully saturated rings. The summed E-state index contributed by atoms with van der Waals surface area (Å²) in [6.45, 7) is 4.65. The molecule has 1 aromatic rings. The van der Waals surface area contributed by atoms with Crippen molar-refractivity contribution < 1.29 is 14.3 Å². The number of hydrogen-bond acceptors (Lipinski definition) is 4. The van der Waals surface area contributed by atoms with Crippen molar-refractivity contribution >= 4 is 29.1 Å². The highest BCUT2D eigenvalue weighted by Crippen LogP contribution is 2.03. The summed E-state index contributed by atoms with van der Waals surface area (Å²) in [5, 5.41) is 2.52. The van der Waals surface area contributed by atoms with E-state index in [0.29, 0.717) is 18.8 Å². The van der Waals surface area contributed by atoms with E-state index in [0.717, 1.165) is 5.56 Å². The van der Waals surface area contributed by atoms with Gasteiger partial charge in [0.1, 0.15) is 0 Å². The van der Waals surface area contributed by atoms with E-state index in [-0.39, 0.29) is 23.3 Å². The largest absolute Gasteiger partial charge is 0.381 e. The zero-order chi connectivity index (χ0) is 15.7. The Morgan fingerprint density at radius 3 is 2.71 bits per heavy atom. The number of nitrogens with one attached hydrogen (secondary N) is 3. The molecule has 2 amide bonds. The van der Waals surface area contributed by atoms with Gasteiger partial charge in [-0.3, -0.25) is 25.8 Å². The third kappa shape index (κ3) is 6.82. The van der Waals surface area contributed by atoms with Crippen LogP contribution in [0.2, 0.25) is 0 Å². The van der Waals surface area contributed by atoms with Crippen LogP contribution in [0.4, 0.5) is 0 Å². The van der Waals surface area contributed by atoms with Crippen molar-refractivity contribution in [3.8, 4) is 0 Å². The number of benzene rings is 1. The molecule has 0 aromatic heterocycles. The average molecular weight is 309 g/mol. The summed E-state index contributed by atoms with van der Waals surface area (Å²) in [7, 11) is 0. The van der Waals surface area contributed by atoms with E-state index < -0.39 is 0 Å². The number of carbonyl (C=O) groups is 2. The van der Waals surface area contributed by atoms with Gasteiger partial charge < -0.3 is 4.74 Å². The van der Waals surface area contributed by atoms with E-state index in [1.165, 1.54) is 0 Å². The molecule has 7 heteroatoms. The Kier molecular flexibility index (Phi) is 7.34. The van der Waals surface area contributed by atoms with Crippen molar-refractivity contribution in [3.63, 3.8) is 0 Å². The van der Waals surface area contributed by atoms with Crippen LogP contribution in [0, 0.1) is 6.92 Å². The van der Waals surface area contributed by atoms with E-state index in [9.17, 15) is 9.59 Å². The standard InChI is InChI=1S/C14H19N3O3S/c1-3-20-8-7-12(18)16-17-14(21)15-13(19)11-6-4-5-10(2)9-11/h4-6,9H,3,7-8H2,1-2H3,(H,16,18)(H2,15,17,19,21). The topological polar surface area (TPSA) is 79.5 Å². The van der Waals surface area contributed by atoms with Crippen molar-refractivity contribution in [2.45, 2.75) is 20.3 Å². The van der Waals surface area contributed by atoms with Crippen molar-refractivity contribution in [3.05, 3.63) is 35.4 Å². The van der Waals surface area contributed by atoms with Crippen LogP contribution in [0.25, 0.3) is 0 Å². The summed E-state index contributed by atoms with van der Waals surface area (Å²) in [6.07, 6.45) is 0.218. The minimum Gasteiger partial charge on any atom is -0.381 e. The molecule has 0 aliphatic heterocycles. The molecule has 0 spiro atoms. The van der Waals surface area contributed by atoms with E-state index >= 15 is 0 Å². The van der Waals surface area contributed by atoms with Crippen LogP contribution in [0.3, 0.4) is 0 Å². The van der Waals surface area contributed by atoms with E-state index in [2.05, 4.69) is 16.2 Å². The lowest BCUT2D eigenvalue weighted by molar-refractivity contribution is -0.122. The number of carbonyl (C=O) groups excluding carboxylic acids is 2. The molecule has 0 bridgehead atoms. The predicted octanol–water partition coefficient (Wildman–Crippen LogP) is 1.06. The molecule has 21 heavy (non-hydrogen) atoms. The summed E-state index contributed by atoms with van der Waals surface area (Å²) < 4.78 is 5.05. The van der Waals surface area contributed by atoms with Gasteiger partial charge in [-0.1, -0.05) is 17.7 Å². The fourth-order valence-corrected chi connectivity index (χ4v) is 1.63. The Labute approximate surface area is 129 Å². The quantitative estimate of drug-likeness (QED) is 0.430. The number of thiocarbonyl (C=S) groups is 1. The Balaban J connectivity index is 2.33. The first-order chi connectivity index (χ1) is 10.0. The van der Waals surface area contributed by atoms with Crippen LogP contribution in [-0.4, -0.2) is 30.1 Å². The number of ether oxygens (including phenoxy) is 1. The Hall–Kier alpha value is -1.99. The zero-order valence-electron chi connectivity index (χ0n) is 12.1. The van der Waals surface area contributed by atoms with Gasteiger partial charge in [0.2, 0.25) is 5.91 Å². The van der Waals surface area contributed by atoms with Crippen LogP contribution in [0.1, 0.15) is 29.3 Å². The molecule has 0 heterocycles. The molecular weight excluding hydrogens is 290 g/mol. The fraction of sp³-hybridized carbons (Fsp3) is 0.357. The molecule has 0 saturated carbocycles. The lowest BCUT2D eigenvalue weighted by Gasteiger charge is -2.11. The number of hydrazine groups is 1. The lowest BCUT2D eigenvalue weighted by Crippen LogP contribution is -2.48. The van der Waals surface area contributed by atoms with Gasteiger partial charge in [-0.05, 0) is 38.2 Å². The number of rotatable bonds is 5. The third-order valence-corrected chi connectivity index (χ3v) is 2.70. The SMILES string of the molecule is CCOCCC(=O)NNC(=S)NC(=O)c1cccc(C)c1. The molecule has 0 saturated heterocycles. The van der Waals surface area contributed by atoms with Gasteiger partial charge in [0.05, 0.1) is 13.0 Å². The van der Waals surface area contributed by atoms with Gasteiger partial charge in [0, 0.05) is 12.2 Å². The van der Waals surface area contributed by atoms with Gasteiger partial charge in [-0.25, -0.2) is 0 Å². The van der Waals surface area contributed by atoms with Crippen molar-refractivity contribution in [1.29, 1.82) is 0 Å². The average Bonchev–Trinajstić information content (AvgIpc) is 2.45. The normalized spacial score (nSPS) is 9.81. The number of hydrogen-bond donors (Lipinski definition) is 3. The first-order valence-corrected chi connectivity index (χ1v) is 6.98. The van der Waals surface area contributed by atoms with Gasteiger partial charge in [0.25, 0.3) is 5.91 Å². The fourth-order valence-electron chi connectivity index (χ4n) is 1.49. The van der Waals surface area contributed by atoms with Crippen LogP contribution in [0.5, 0.6) is 0 Å². The maximum atomic E-state index is 11.9. The van der Waals surface area contributed by atoms with Crippen molar-refractivity contribution in [2.24, 2.45) is 0 Å². The third-order valence-electron chi connectivity index (χ3n) is 2.50. The highest BCUT2D eigenvalue weighted by molar-refractivity contribution is 7.80. The first kappa shape index (κ1) is 17.1. The van der Waals surface area contributed by atoms with Crippen LogP contribution in [0.15, 0.2) is 24.3 Å². The maximum absolute atomic E-state index is 11.9. The Morgan fingerprint density at radius 2 is 2.05 bits per heavy atom. The number of amides is 2. The predicted molar refractivity (Wildman–Crippen MR) is 83.6 cm³/mol. The Bertz CT molecular complexity index is 520. The molecule has 0 aliphatic carbocycles. The summed E-state index contributed by atoms with van der Waals surface area (Å²) in [5.41, 5.74) is 6.33. The van der Waals surface area contributed by atoms with Gasteiger partial charge in [-0.15, -0.1) is 0 Å². The van der Waals surface area contributed by atoms with E-state index in [1.807, 2.05) is 19.9 Å². The van der Waals surface area contributed by atoms with Crippen LogP contribution in [-0.2, 0) is 9.53 Å².